The maximum absolute atomic E-state index is 11.0. The summed E-state index contributed by atoms with van der Waals surface area (Å²) < 4.78 is 1.62. The highest BCUT2D eigenvalue weighted by Crippen LogP contribution is 2.24. The number of pyridine rings is 1. The Labute approximate surface area is 99.3 Å². The van der Waals surface area contributed by atoms with Crippen LogP contribution in [0.4, 0.5) is 5.82 Å². The fourth-order valence-electron chi connectivity index (χ4n) is 1.50. The molecule has 0 atom stereocenters. The highest BCUT2D eigenvalue weighted by Gasteiger charge is 2.19. The van der Waals surface area contributed by atoms with Gasteiger partial charge < -0.3 is 10.7 Å². The molecule has 90 valence electrons. The lowest BCUT2D eigenvalue weighted by Crippen LogP contribution is -2.13. The predicted octanol–water partition coefficient (Wildman–Crippen LogP) is 1.44. The largest absolute Gasteiger partial charge is 0.384 e. The lowest BCUT2D eigenvalue weighted by molar-refractivity contribution is 0.560. The van der Waals surface area contributed by atoms with Crippen LogP contribution >= 0.6 is 0 Å². The second kappa shape index (κ2) is 3.76. The number of hydrogen-bond donors (Lipinski definition) is 2. The first-order chi connectivity index (χ1) is 7.88. The number of nitrogens with one attached hydrogen (secondary N) is 1. The summed E-state index contributed by atoms with van der Waals surface area (Å²) in [6.07, 6.45) is 1.60. The van der Waals surface area contributed by atoms with Gasteiger partial charge in [-0.1, -0.05) is 20.8 Å². The minimum atomic E-state index is -0.143. The number of nitrogen functional groups attached to an aromatic ring is 1. The summed E-state index contributed by atoms with van der Waals surface area (Å²) in [5.74, 6) is 0.557. The molecule has 2 aromatic rings. The Morgan fingerprint density at radius 2 is 2.06 bits per heavy atom. The first-order valence-corrected chi connectivity index (χ1v) is 5.43. The predicted molar refractivity (Wildman–Crippen MR) is 67.3 cm³/mol. The van der Waals surface area contributed by atoms with E-state index in [-0.39, 0.29) is 11.0 Å². The monoisotopic (exact) mass is 232 g/mol. The molecule has 0 radical (unpaired) electrons. The van der Waals surface area contributed by atoms with Crippen molar-refractivity contribution in [1.29, 1.82) is 0 Å². The molecule has 3 N–H and O–H groups in total. The Kier molecular flexibility index (Phi) is 2.53. The first-order valence-electron chi connectivity index (χ1n) is 5.43. The van der Waals surface area contributed by atoms with Crippen molar-refractivity contribution >= 4 is 5.82 Å². The molecule has 2 aromatic heterocycles. The number of aromatic nitrogens is 3. The van der Waals surface area contributed by atoms with Gasteiger partial charge in [0, 0.05) is 23.7 Å². The van der Waals surface area contributed by atoms with E-state index >= 15 is 0 Å². The van der Waals surface area contributed by atoms with Gasteiger partial charge in [0.15, 0.2) is 0 Å². The number of aromatic amines is 1. The Hall–Kier alpha value is -2.04. The molecule has 2 heterocycles. The van der Waals surface area contributed by atoms with E-state index in [1.807, 2.05) is 6.07 Å². The van der Waals surface area contributed by atoms with Gasteiger partial charge in [-0.15, -0.1) is 0 Å². The summed E-state index contributed by atoms with van der Waals surface area (Å²) >= 11 is 0. The van der Waals surface area contributed by atoms with Gasteiger partial charge >= 0.3 is 0 Å². The van der Waals surface area contributed by atoms with E-state index in [2.05, 4.69) is 30.9 Å². The summed E-state index contributed by atoms with van der Waals surface area (Å²) in [5.41, 5.74) is 7.39. The Bertz CT molecular complexity index is 569. The van der Waals surface area contributed by atoms with Gasteiger partial charge in [-0.05, 0) is 6.07 Å². The average Bonchev–Trinajstić information content (AvgIpc) is 2.61. The van der Waals surface area contributed by atoms with Crippen molar-refractivity contribution in [3.63, 3.8) is 0 Å². The summed E-state index contributed by atoms with van der Waals surface area (Å²) in [6, 6.07) is 4.99. The third kappa shape index (κ3) is 2.22. The molecule has 0 fully saturated rings. The number of rotatable bonds is 1. The Morgan fingerprint density at radius 1 is 1.35 bits per heavy atom. The number of H-pyrrole nitrogens is 1. The van der Waals surface area contributed by atoms with Gasteiger partial charge in [0.25, 0.3) is 0 Å². The summed E-state index contributed by atoms with van der Waals surface area (Å²) in [6.45, 7) is 6.23. The molecule has 0 aromatic carbocycles. The van der Waals surface area contributed by atoms with Crippen molar-refractivity contribution in [3.05, 3.63) is 40.4 Å². The minimum absolute atomic E-state index is 0.0540. The van der Waals surface area contributed by atoms with E-state index in [1.165, 1.54) is 6.07 Å². The van der Waals surface area contributed by atoms with Crippen molar-refractivity contribution in [2.24, 2.45) is 0 Å². The van der Waals surface area contributed by atoms with Crippen molar-refractivity contribution in [1.82, 2.24) is 14.8 Å². The number of anilines is 1. The van der Waals surface area contributed by atoms with Crippen LogP contribution in [0.1, 0.15) is 26.5 Å². The topological polar surface area (TPSA) is 76.7 Å². The van der Waals surface area contributed by atoms with Crippen molar-refractivity contribution in [2.45, 2.75) is 26.2 Å². The number of nitrogens with two attached hydrogens (primary N) is 1. The zero-order valence-electron chi connectivity index (χ0n) is 10.2. The number of hydrogen-bond acceptors (Lipinski definition) is 3. The second-order valence-electron chi connectivity index (χ2n) is 5.03. The van der Waals surface area contributed by atoms with E-state index in [0.29, 0.717) is 5.82 Å². The molecule has 0 aliphatic rings. The molecule has 0 unspecified atom stereocenters. The van der Waals surface area contributed by atoms with Gasteiger partial charge in [-0.3, -0.25) is 4.79 Å². The minimum Gasteiger partial charge on any atom is -0.384 e. The molecule has 0 saturated carbocycles. The van der Waals surface area contributed by atoms with Crippen LogP contribution in [0.25, 0.3) is 5.69 Å². The van der Waals surface area contributed by atoms with E-state index in [1.54, 1.807) is 16.9 Å². The van der Waals surface area contributed by atoms with E-state index in [4.69, 9.17) is 5.73 Å². The molecule has 0 aliphatic carbocycles. The third-order valence-corrected chi connectivity index (χ3v) is 2.52. The van der Waals surface area contributed by atoms with Crippen LogP contribution in [0.2, 0.25) is 0 Å². The van der Waals surface area contributed by atoms with E-state index in [0.717, 1.165) is 11.4 Å². The third-order valence-electron chi connectivity index (χ3n) is 2.52. The van der Waals surface area contributed by atoms with Gasteiger partial charge in [0.1, 0.15) is 5.82 Å². The molecule has 0 amide bonds. The SMILES string of the molecule is CC(C)(C)c1cc(N)n(-c2ccc(=O)[nH]c2)n1. The molecular formula is C12H16N4O. The molecule has 2 rings (SSSR count). The van der Waals surface area contributed by atoms with Crippen molar-refractivity contribution in [2.75, 3.05) is 5.73 Å². The van der Waals surface area contributed by atoms with E-state index in [9.17, 15) is 4.79 Å². The maximum atomic E-state index is 11.0. The van der Waals surface area contributed by atoms with Crippen LogP contribution in [-0.2, 0) is 5.41 Å². The fraction of sp³-hybridized carbons (Fsp3) is 0.333. The lowest BCUT2D eigenvalue weighted by Gasteiger charge is -2.14. The van der Waals surface area contributed by atoms with Crippen molar-refractivity contribution < 1.29 is 0 Å². The summed E-state index contributed by atoms with van der Waals surface area (Å²) in [5, 5.41) is 4.45. The van der Waals surface area contributed by atoms with Crippen LogP contribution in [0.15, 0.2) is 29.2 Å². The highest BCUT2D eigenvalue weighted by atomic mass is 16.1. The van der Waals surface area contributed by atoms with Crippen LogP contribution < -0.4 is 11.3 Å². The molecule has 0 saturated heterocycles. The zero-order valence-corrected chi connectivity index (χ0v) is 10.2. The van der Waals surface area contributed by atoms with Crippen LogP contribution in [0.3, 0.4) is 0 Å². The quantitative estimate of drug-likeness (QED) is 0.781. The van der Waals surface area contributed by atoms with Gasteiger partial charge in [0.2, 0.25) is 5.56 Å². The van der Waals surface area contributed by atoms with E-state index < -0.39 is 0 Å². The standard InChI is InChI=1S/C12H16N4O/c1-12(2,3)9-6-10(13)16(15-9)8-4-5-11(17)14-7-8/h4-7H,13H2,1-3H3,(H,14,17). The van der Waals surface area contributed by atoms with Gasteiger partial charge in [0.05, 0.1) is 11.4 Å². The van der Waals surface area contributed by atoms with Gasteiger partial charge in [-0.25, -0.2) is 4.68 Å². The normalized spacial score (nSPS) is 11.7. The molecule has 0 spiro atoms. The van der Waals surface area contributed by atoms with Crippen LogP contribution in [-0.4, -0.2) is 14.8 Å². The van der Waals surface area contributed by atoms with Crippen LogP contribution in [0.5, 0.6) is 0 Å². The van der Waals surface area contributed by atoms with Crippen LogP contribution in [0, 0.1) is 0 Å². The smallest absolute Gasteiger partial charge is 0.248 e. The molecule has 0 bridgehead atoms. The Morgan fingerprint density at radius 3 is 2.53 bits per heavy atom. The van der Waals surface area contributed by atoms with Gasteiger partial charge in [-0.2, -0.15) is 5.10 Å². The first kappa shape index (κ1) is 11.4. The average molecular weight is 232 g/mol. The fourth-order valence-corrected chi connectivity index (χ4v) is 1.50. The molecule has 5 nitrogen and oxygen atoms in total. The lowest BCUT2D eigenvalue weighted by atomic mass is 9.92. The summed E-state index contributed by atoms with van der Waals surface area (Å²) in [4.78, 5) is 13.6. The summed E-state index contributed by atoms with van der Waals surface area (Å²) in [7, 11) is 0. The number of nitrogens with zero attached hydrogens (tertiary/aromatic N) is 2. The highest BCUT2D eigenvalue weighted by molar-refractivity contribution is 5.42. The zero-order chi connectivity index (χ0) is 12.6. The molecule has 5 heteroatoms. The Balaban J connectivity index is 2.50. The van der Waals surface area contributed by atoms with Crippen molar-refractivity contribution in [3.8, 4) is 5.69 Å². The molecule has 17 heavy (non-hydrogen) atoms. The molecule has 0 aliphatic heterocycles. The second-order valence-corrected chi connectivity index (χ2v) is 5.03. The molecular weight excluding hydrogens is 216 g/mol. The maximum Gasteiger partial charge on any atom is 0.248 e.